The first-order chi connectivity index (χ1) is 13.2. The lowest BCUT2D eigenvalue weighted by Crippen LogP contribution is -2.64. The Kier molecular flexibility index (Phi) is 5.66. The summed E-state index contributed by atoms with van der Waals surface area (Å²) in [7, 11) is 0. The number of nitro benzene ring substituents is 1. The van der Waals surface area contributed by atoms with Crippen LogP contribution in [0.5, 0.6) is 0 Å². The van der Waals surface area contributed by atoms with E-state index in [2.05, 4.69) is 0 Å². The number of β-lactam (4-membered cyclic amide) rings is 1. The molecule has 2 aliphatic rings. The third kappa shape index (κ3) is 3.72. The largest absolute Gasteiger partial charge is 0.462 e. The highest BCUT2D eigenvalue weighted by Gasteiger charge is 2.61. The summed E-state index contributed by atoms with van der Waals surface area (Å²) in [5.74, 6) is -2.02. The SMILES string of the molecule is CC(=O)OC(C)C1C(=O)N2C(C(=O)OCc3ccc([N+](=O)[O-])cc3)C(=S)S[C@H]12. The van der Waals surface area contributed by atoms with E-state index in [1.165, 1.54) is 47.9 Å². The molecule has 0 saturated carbocycles. The smallest absolute Gasteiger partial charge is 0.335 e. The van der Waals surface area contributed by atoms with Crippen LogP contribution in [0.3, 0.4) is 0 Å². The van der Waals surface area contributed by atoms with Crippen LogP contribution in [0.15, 0.2) is 24.3 Å². The number of ether oxygens (including phenoxy) is 2. The first-order valence-electron chi connectivity index (χ1n) is 8.30. The number of hydrogen-bond acceptors (Lipinski definition) is 9. The fourth-order valence-corrected chi connectivity index (χ4v) is 5.04. The third-order valence-electron chi connectivity index (χ3n) is 4.47. The molecular weight excluding hydrogens is 408 g/mol. The van der Waals surface area contributed by atoms with E-state index in [0.29, 0.717) is 9.76 Å². The zero-order chi connectivity index (χ0) is 20.6. The highest BCUT2D eigenvalue weighted by Crippen LogP contribution is 2.47. The van der Waals surface area contributed by atoms with Crippen LogP contribution in [0, 0.1) is 16.0 Å². The fraction of sp³-hybridized carbons (Fsp3) is 0.412. The van der Waals surface area contributed by atoms with Crippen LogP contribution in [0.25, 0.3) is 0 Å². The van der Waals surface area contributed by atoms with Gasteiger partial charge in [-0.25, -0.2) is 4.79 Å². The maximum absolute atomic E-state index is 12.5. The van der Waals surface area contributed by atoms with Crippen LogP contribution in [-0.2, 0) is 30.5 Å². The van der Waals surface area contributed by atoms with Crippen LogP contribution in [0.4, 0.5) is 5.69 Å². The van der Waals surface area contributed by atoms with Crippen LogP contribution < -0.4 is 0 Å². The molecule has 0 aliphatic carbocycles. The van der Waals surface area contributed by atoms with E-state index in [1.807, 2.05) is 0 Å². The van der Waals surface area contributed by atoms with Gasteiger partial charge in [0.1, 0.15) is 18.6 Å². The average molecular weight is 424 g/mol. The number of amides is 1. The van der Waals surface area contributed by atoms with E-state index in [4.69, 9.17) is 21.7 Å². The standard InChI is InChI=1S/C17H16N2O7S2/c1-8(26-9(2)20)12-14(21)18-13(17(27)28-15(12)18)16(22)25-7-10-3-5-11(6-4-10)19(23)24/h3-6,8,12-13,15H,7H2,1-2H3/t8?,12?,13?,15-/m1/s1. The molecule has 2 aliphatic heterocycles. The number of fused-ring (bicyclic) bond motifs is 1. The number of carbonyl (C=O) groups is 3. The first-order valence-corrected chi connectivity index (χ1v) is 9.59. The number of hydrogen-bond donors (Lipinski definition) is 0. The lowest BCUT2D eigenvalue weighted by Gasteiger charge is -2.45. The quantitative estimate of drug-likeness (QED) is 0.222. The zero-order valence-electron chi connectivity index (χ0n) is 14.9. The van der Waals surface area contributed by atoms with E-state index in [9.17, 15) is 24.5 Å². The molecule has 0 N–H and O–H groups in total. The third-order valence-corrected chi connectivity index (χ3v) is 6.20. The molecule has 0 radical (unpaired) electrons. The minimum Gasteiger partial charge on any atom is -0.462 e. The number of thiocarbonyl (C=S) groups is 1. The van der Waals surface area contributed by atoms with Gasteiger partial charge in [0.25, 0.3) is 5.69 Å². The van der Waals surface area contributed by atoms with Crippen LogP contribution in [0.2, 0.25) is 0 Å². The summed E-state index contributed by atoms with van der Waals surface area (Å²) in [6.45, 7) is 2.80. The Morgan fingerprint density at radius 3 is 2.57 bits per heavy atom. The lowest BCUT2D eigenvalue weighted by atomic mass is 9.91. The molecule has 9 nitrogen and oxygen atoms in total. The Morgan fingerprint density at radius 1 is 1.36 bits per heavy atom. The maximum Gasteiger partial charge on any atom is 0.335 e. The van der Waals surface area contributed by atoms with Crippen molar-refractivity contribution in [2.45, 2.75) is 38.0 Å². The van der Waals surface area contributed by atoms with Gasteiger partial charge < -0.3 is 14.4 Å². The number of nitrogens with zero attached hydrogens (tertiary/aromatic N) is 2. The van der Waals surface area contributed by atoms with E-state index >= 15 is 0 Å². The Hall–Kier alpha value is -2.53. The number of carbonyl (C=O) groups excluding carboxylic acids is 3. The minimum atomic E-state index is -0.976. The van der Waals surface area contributed by atoms with E-state index in [0.717, 1.165) is 0 Å². The van der Waals surface area contributed by atoms with Crippen molar-refractivity contribution in [3.8, 4) is 0 Å². The minimum absolute atomic E-state index is 0.0644. The zero-order valence-corrected chi connectivity index (χ0v) is 16.5. The van der Waals surface area contributed by atoms with Crippen molar-refractivity contribution < 1.29 is 28.8 Å². The van der Waals surface area contributed by atoms with Crippen molar-refractivity contribution >= 4 is 51.7 Å². The van der Waals surface area contributed by atoms with Gasteiger partial charge >= 0.3 is 11.9 Å². The van der Waals surface area contributed by atoms with Crippen molar-refractivity contribution in [1.82, 2.24) is 4.90 Å². The molecule has 0 aromatic heterocycles. The van der Waals surface area contributed by atoms with Gasteiger partial charge in [-0.1, -0.05) is 24.0 Å². The summed E-state index contributed by atoms with van der Waals surface area (Å²) in [5, 5.41) is 10.3. The monoisotopic (exact) mass is 424 g/mol. The maximum atomic E-state index is 12.5. The molecule has 1 amide bonds. The summed E-state index contributed by atoms with van der Waals surface area (Å²) in [6, 6.07) is 4.63. The molecule has 2 heterocycles. The highest BCUT2D eigenvalue weighted by atomic mass is 32.2. The average Bonchev–Trinajstić information content (AvgIpc) is 2.92. The number of thioether (sulfide) groups is 1. The number of benzene rings is 1. The summed E-state index contributed by atoms with van der Waals surface area (Å²) >= 11 is 6.47. The predicted molar refractivity (Wildman–Crippen MR) is 102 cm³/mol. The number of esters is 2. The van der Waals surface area contributed by atoms with E-state index in [1.54, 1.807) is 6.92 Å². The van der Waals surface area contributed by atoms with Gasteiger partial charge in [0.2, 0.25) is 5.91 Å². The van der Waals surface area contributed by atoms with Gasteiger partial charge in [0.05, 0.1) is 14.5 Å². The van der Waals surface area contributed by atoms with Gasteiger partial charge in [0, 0.05) is 19.1 Å². The second kappa shape index (κ2) is 7.84. The van der Waals surface area contributed by atoms with Gasteiger partial charge in [-0.3, -0.25) is 19.7 Å². The number of nitro groups is 1. The Balaban J connectivity index is 1.62. The molecule has 0 bridgehead atoms. The van der Waals surface area contributed by atoms with Crippen LogP contribution >= 0.6 is 24.0 Å². The van der Waals surface area contributed by atoms with Gasteiger partial charge in [-0.05, 0) is 24.6 Å². The Morgan fingerprint density at radius 2 is 2.00 bits per heavy atom. The van der Waals surface area contributed by atoms with Crippen molar-refractivity contribution in [1.29, 1.82) is 0 Å². The topological polar surface area (TPSA) is 116 Å². The fourth-order valence-electron chi connectivity index (χ4n) is 3.14. The van der Waals surface area contributed by atoms with Crippen LogP contribution in [0.1, 0.15) is 19.4 Å². The molecule has 2 fully saturated rings. The van der Waals surface area contributed by atoms with E-state index in [-0.39, 0.29) is 23.6 Å². The molecule has 3 rings (SSSR count). The molecule has 148 valence electrons. The van der Waals surface area contributed by atoms with E-state index < -0.39 is 34.9 Å². The summed E-state index contributed by atoms with van der Waals surface area (Å²) in [6.07, 6.45) is -0.614. The predicted octanol–water partition coefficient (Wildman–Crippen LogP) is 1.82. The number of non-ortho nitro benzene ring substituents is 1. The molecule has 3 unspecified atom stereocenters. The Labute approximate surface area is 169 Å². The molecule has 28 heavy (non-hydrogen) atoms. The lowest BCUT2D eigenvalue weighted by molar-refractivity contribution is -0.384. The summed E-state index contributed by atoms with van der Waals surface area (Å²) in [5.41, 5.74) is 0.508. The molecule has 0 spiro atoms. The van der Waals surface area contributed by atoms with Gasteiger partial charge in [-0.2, -0.15) is 0 Å². The van der Waals surface area contributed by atoms with Crippen molar-refractivity contribution in [2.75, 3.05) is 0 Å². The molecule has 11 heteroatoms. The highest BCUT2D eigenvalue weighted by molar-refractivity contribution is 8.24. The van der Waals surface area contributed by atoms with Gasteiger partial charge in [-0.15, -0.1) is 0 Å². The molecule has 4 atom stereocenters. The van der Waals surface area contributed by atoms with Crippen LogP contribution in [-0.4, -0.2) is 49.4 Å². The van der Waals surface area contributed by atoms with Crippen molar-refractivity contribution in [2.24, 2.45) is 5.92 Å². The number of rotatable bonds is 6. The normalized spacial score (nSPS) is 24.2. The molecule has 2 saturated heterocycles. The second-order valence-corrected chi connectivity index (χ2v) is 8.20. The summed E-state index contributed by atoms with van der Waals surface area (Å²) < 4.78 is 10.7. The van der Waals surface area contributed by atoms with Crippen molar-refractivity contribution in [3.63, 3.8) is 0 Å². The van der Waals surface area contributed by atoms with Crippen molar-refractivity contribution in [3.05, 3.63) is 39.9 Å². The second-order valence-electron chi connectivity index (χ2n) is 6.35. The summed E-state index contributed by atoms with van der Waals surface area (Å²) in [4.78, 5) is 47.6. The molecule has 1 aromatic carbocycles. The molecular formula is C17H16N2O7S2. The Bertz CT molecular complexity index is 858. The molecule has 1 aromatic rings. The van der Waals surface area contributed by atoms with Gasteiger partial charge in [0.15, 0.2) is 6.04 Å². The first kappa shape index (κ1) is 20.2.